The number of methoxy groups -OCH3 is 1. The average molecular weight is 459 g/mol. The van der Waals surface area contributed by atoms with Crippen LogP contribution in [0.25, 0.3) is 17.1 Å². The van der Waals surface area contributed by atoms with Gasteiger partial charge in [-0.15, -0.1) is 10.2 Å². The summed E-state index contributed by atoms with van der Waals surface area (Å²) in [5, 5.41) is 13.3. The van der Waals surface area contributed by atoms with Crippen molar-refractivity contribution in [1.29, 1.82) is 0 Å². The Labute approximate surface area is 195 Å². The predicted octanol–water partition coefficient (Wildman–Crippen LogP) is 3.89. The van der Waals surface area contributed by atoms with Crippen molar-refractivity contribution in [2.45, 2.75) is 12.1 Å². The molecule has 0 spiro atoms. The number of carbonyl (C=O) groups is 1. The number of rotatable bonds is 8. The van der Waals surface area contributed by atoms with Crippen LogP contribution in [0.4, 0.5) is 0 Å². The van der Waals surface area contributed by atoms with Gasteiger partial charge >= 0.3 is 0 Å². The molecule has 0 radical (unpaired) electrons. The van der Waals surface area contributed by atoms with Crippen molar-refractivity contribution in [3.8, 4) is 22.8 Å². The molecule has 2 heterocycles. The Hall–Kier alpha value is -3.98. The molecular weight excluding hydrogens is 436 g/mol. The highest BCUT2D eigenvalue weighted by molar-refractivity contribution is 7.99. The zero-order valence-corrected chi connectivity index (χ0v) is 19.0. The topological polar surface area (TPSA) is 94.3 Å². The normalized spacial score (nSPS) is 11.0. The van der Waals surface area contributed by atoms with E-state index in [0.717, 1.165) is 28.1 Å². The van der Waals surface area contributed by atoms with Gasteiger partial charge in [0.15, 0.2) is 11.0 Å². The van der Waals surface area contributed by atoms with Crippen LogP contribution in [0.2, 0.25) is 0 Å². The molecule has 4 aromatic rings. The second-order valence-electron chi connectivity index (χ2n) is 7.07. The van der Waals surface area contributed by atoms with Gasteiger partial charge in [-0.25, -0.2) is 5.43 Å². The van der Waals surface area contributed by atoms with Crippen molar-refractivity contribution < 1.29 is 9.53 Å². The maximum absolute atomic E-state index is 12.4. The van der Waals surface area contributed by atoms with Crippen LogP contribution in [0.1, 0.15) is 11.1 Å². The molecular formula is C24H22N6O2S. The number of hydrazone groups is 1. The van der Waals surface area contributed by atoms with Crippen molar-refractivity contribution in [2.75, 3.05) is 12.9 Å². The van der Waals surface area contributed by atoms with Gasteiger partial charge in [0.1, 0.15) is 5.75 Å². The third-order valence-electron chi connectivity index (χ3n) is 4.69. The third-order valence-corrected chi connectivity index (χ3v) is 5.62. The Morgan fingerprint density at radius 3 is 2.67 bits per heavy atom. The highest BCUT2D eigenvalue weighted by Gasteiger charge is 2.17. The van der Waals surface area contributed by atoms with Crippen LogP contribution in [0.5, 0.6) is 5.75 Å². The molecule has 0 aliphatic carbocycles. The first-order valence-electron chi connectivity index (χ1n) is 10.2. The molecule has 0 bridgehead atoms. The lowest BCUT2D eigenvalue weighted by molar-refractivity contribution is -0.118. The molecule has 1 amide bonds. The van der Waals surface area contributed by atoms with E-state index in [1.165, 1.54) is 11.8 Å². The van der Waals surface area contributed by atoms with Crippen LogP contribution in [0.3, 0.4) is 0 Å². The quantitative estimate of drug-likeness (QED) is 0.245. The standard InChI is InChI=1S/C24H22N6O2S/c1-17-6-8-20(9-7-17)30-23(19-10-12-25-13-11-19)28-29-24(30)33-16-22(31)27-26-15-18-4-3-5-21(14-18)32-2/h3-15H,16H2,1-2H3,(H,27,31). The summed E-state index contributed by atoms with van der Waals surface area (Å²) in [5.41, 5.74) is 6.32. The van der Waals surface area contributed by atoms with Gasteiger partial charge in [0.05, 0.1) is 19.1 Å². The molecule has 0 saturated heterocycles. The van der Waals surface area contributed by atoms with E-state index in [1.807, 2.05) is 72.2 Å². The van der Waals surface area contributed by atoms with Crippen molar-refractivity contribution in [3.05, 3.63) is 84.2 Å². The summed E-state index contributed by atoms with van der Waals surface area (Å²) in [4.78, 5) is 16.4. The van der Waals surface area contributed by atoms with Crippen LogP contribution in [-0.4, -0.2) is 44.7 Å². The van der Waals surface area contributed by atoms with E-state index in [1.54, 1.807) is 25.7 Å². The molecule has 8 nitrogen and oxygen atoms in total. The molecule has 1 N–H and O–H groups in total. The van der Waals surface area contributed by atoms with Gasteiger partial charge in [-0.05, 0) is 48.9 Å². The smallest absolute Gasteiger partial charge is 0.250 e. The number of hydrogen-bond acceptors (Lipinski definition) is 7. The molecule has 2 aromatic heterocycles. The maximum atomic E-state index is 12.4. The number of hydrogen-bond donors (Lipinski definition) is 1. The van der Waals surface area contributed by atoms with E-state index in [4.69, 9.17) is 4.74 Å². The zero-order chi connectivity index (χ0) is 23.0. The van der Waals surface area contributed by atoms with Crippen molar-refractivity contribution >= 4 is 23.9 Å². The van der Waals surface area contributed by atoms with E-state index >= 15 is 0 Å². The number of carbonyl (C=O) groups excluding carboxylic acids is 1. The minimum atomic E-state index is -0.247. The largest absolute Gasteiger partial charge is 0.497 e. The summed E-state index contributed by atoms with van der Waals surface area (Å²) in [6, 6.07) is 19.2. The molecule has 2 aromatic carbocycles. The number of benzene rings is 2. The summed E-state index contributed by atoms with van der Waals surface area (Å²) >= 11 is 1.29. The lowest BCUT2D eigenvalue weighted by atomic mass is 10.2. The van der Waals surface area contributed by atoms with E-state index in [0.29, 0.717) is 11.0 Å². The first-order valence-corrected chi connectivity index (χ1v) is 11.1. The highest BCUT2D eigenvalue weighted by Crippen LogP contribution is 2.27. The molecule has 9 heteroatoms. The number of aromatic nitrogens is 4. The number of nitrogens with one attached hydrogen (secondary N) is 1. The Morgan fingerprint density at radius 2 is 1.91 bits per heavy atom. The van der Waals surface area contributed by atoms with E-state index in [9.17, 15) is 4.79 Å². The van der Waals surface area contributed by atoms with Gasteiger partial charge < -0.3 is 4.74 Å². The first kappa shape index (κ1) is 22.2. The Balaban J connectivity index is 1.48. The summed E-state index contributed by atoms with van der Waals surface area (Å²) in [7, 11) is 1.60. The molecule has 33 heavy (non-hydrogen) atoms. The Kier molecular flexibility index (Phi) is 7.11. The fourth-order valence-corrected chi connectivity index (χ4v) is 3.79. The molecule has 0 aliphatic rings. The van der Waals surface area contributed by atoms with Gasteiger partial charge in [0.25, 0.3) is 5.91 Å². The lowest BCUT2D eigenvalue weighted by Crippen LogP contribution is -2.20. The molecule has 166 valence electrons. The average Bonchev–Trinajstić information content (AvgIpc) is 3.28. The number of thioether (sulfide) groups is 1. The van der Waals surface area contributed by atoms with Gasteiger partial charge in [-0.2, -0.15) is 5.10 Å². The van der Waals surface area contributed by atoms with Crippen LogP contribution in [0, 0.1) is 6.92 Å². The van der Waals surface area contributed by atoms with Crippen LogP contribution in [-0.2, 0) is 4.79 Å². The number of ether oxygens (including phenoxy) is 1. The number of nitrogens with zero attached hydrogens (tertiary/aromatic N) is 5. The molecule has 0 unspecified atom stereocenters. The van der Waals surface area contributed by atoms with Gasteiger partial charge in [-0.3, -0.25) is 14.3 Å². The fourth-order valence-electron chi connectivity index (χ4n) is 3.04. The third kappa shape index (κ3) is 5.64. The summed E-state index contributed by atoms with van der Waals surface area (Å²) in [6.45, 7) is 2.03. The minimum Gasteiger partial charge on any atom is -0.497 e. The molecule has 0 fully saturated rings. The maximum Gasteiger partial charge on any atom is 0.250 e. The van der Waals surface area contributed by atoms with E-state index in [2.05, 4.69) is 25.7 Å². The summed E-state index contributed by atoms with van der Waals surface area (Å²) in [5.74, 6) is 1.29. The van der Waals surface area contributed by atoms with Gasteiger partial charge in [0, 0.05) is 23.6 Å². The Morgan fingerprint density at radius 1 is 1.12 bits per heavy atom. The fraction of sp³-hybridized carbons (Fsp3) is 0.125. The second kappa shape index (κ2) is 10.6. The predicted molar refractivity (Wildman–Crippen MR) is 129 cm³/mol. The lowest BCUT2D eigenvalue weighted by Gasteiger charge is -2.10. The van der Waals surface area contributed by atoms with Crippen molar-refractivity contribution in [3.63, 3.8) is 0 Å². The summed E-state index contributed by atoms with van der Waals surface area (Å²) < 4.78 is 7.12. The van der Waals surface area contributed by atoms with Crippen molar-refractivity contribution in [2.24, 2.45) is 5.10 Å². The minimum absolute atomic E-state index is 0.135. The number of aryl methyl sites for hydroxylation is 1. The molecule has 0 aliphatic heterocycles. The monoisotopic (exact) mass is 458 g/mol. The summed E-state index contributed by atoms with van der Waals surface area (Å²) in [6.07, 6.45) is 5.00. The van der Waals surface area contributed by atoms with Crippen molar-refractivity contribution in [1.82, 2.24) is 25.2 Å². The van der Waals surface area contributed by atoms with Gasteiger partial charge in [-0.1, -0.05) is 41.6 Å². The number of pyridine rings is 1. The van der Waals surface area contributed by atoms with Crippen LogP contribution in [0.15, 0.2) is 83.3 Å². The first-order chi connectivity index (χ1) is 16.1. The van der Waals surface area contributed by atoms with Crippen LogP contribution >= 0.6 is 11.8 Å². The SMILES string of the molecule is COc1cccc(C=NNC(=O)CSc2nnc(-c3ccncc3)n2-c2ccc(C)cc2)c1. The van der Waals surface area contributed by atoms with Gasteiger partial charge in [0.2, 0.25) is 0 Å². The Bertz CT molecular complexity index is 1260. The van der Waals surface area contributed by atoms with Crippen LogP contribution < -0.4 is 10.2 Å². The van der Waals surface area contributed by atoms with E-state index < -0.39 is 0 Å². The highest BCUT2D eigenvalue weighted by atomic mass is 32.2. The number of amides is 1. The molecule has 4 rings (SSSR count). The molecule has 0 atom stereocenters. The second-order valence-corrected chi connectivity index (χ2v) is 8.01. The van der Waals surface area contributed by atoms with E-state index in [-0.39, 0.29) is 11.7 Å². The zero-order valence-electron chi connectivity index (χ0n) is 18.2. The molecule has 0 saturated carbocycles.